The monoisotopic (exact) mass is 204 g/mol. The highest BCUT2D eigenvalue weighted by Gasteiger charge is 2.24. The van der Waals surface area contributed by atoms with Crippen molar-refractivity contribution in [3.05, 3.63) is 0 Å². The fourth-order valence-electron chi connectivity index (χ4n) is 0.913. The van der Waals surface area contributed by atoms with Crippen LogP contribution >= 0.6 is 0 Å². The molecule has 6 heteroatoms. The van der Waals surface area contributed by atoms with Gasteiger partial charge in [0.2, 0.25) is 5.91 Å². The third-order valence-corrected chi connectivity index (χ3v) is 1.57. The van der Waals surface area contributed by atoms with Crippen LogP contribution in [-0.4, -0.2) is 40.3 Å². The molecule has 0 aliphatic heterocycles. The number of nitrogens with two attached hydrogens (primary N) is 1. The standard InChI is InChI=1S/C8H16N2O4/c1-4(9)3-6(12)10-7(5(2)11)8(13)14/h4-5,7,11H,3,9H2,1-2H3,(H,10,12)(H,13,14)/t4?,5-,7+/m1/s1. The molecule has 0 radical (unpaired) electrons. The predicted octanol–water partition coefficient (Wildman–Crippen LogP) is -1.33. The Balaban J connectivity index is 4.17. The van der Waals surface area contributed by atoms with Crippen molar-refractivity contribution in [2.45, 2.75) is 38.5 Å². The van der Waals surface area contributed by atoms with E-state index in [0.717, 1.165) is 0 Å². The highest BCUT2D eigenvalue weighted by atomic mass is 16.4. The van der Waals surface area contributed by atoms with E-state index in [9.17, 15) is 9.59 Å². The first-order valence-electron chi connectivity index (χ1n) is 4.30. The Bertz CT molecular complexity index is 215. The summed E-state index contributed by atoms with van der Waals surface area (Å²) in [7, 11) is 0. The zero-order valence-corrected chi connectivity index (χ0v) is 8.23. The van der Waals surface area contributed by atoms with Gasteiger partial charge in [-0.15, -0.1) is 0 Å². The number of aliphatic carboxylic acids is 1. The first-order chi connectivity index (χ1) is 6.34. The molecule has 1 amide bonds. The van der Waals surface area contributed by atoms with E-state index in [2.05, 4.69) is 5.32 Å². The van der Waals surface area contributed by atoms with Gasteiger partial charge < -0.3 is 21.3 Å². The number of hydrogen-bond acceptors (Lipinski definition) is 4. The van der Waals surface area contributed by atoms with Gasteiger partial charge in [0.1, 0.15) is 0 Å². The number of carbonyl (C=O) groups is 2. The minimum atomic E-state index is -1.28. The molecule has 0 fully saturated rings. The smallest absolute Gasteiger partial charge is 0.328 e. The molecule has 0 spiro atoms. The van der Waals surface area contributed by atoms with Crippen molar-refractivity contribution >= 4 is 11.9 Å². The van der Waals surface area contributed by atoms with Gasteiger partial charge >= 0.3 is 5.97 Å². The Hall–Kier alpha value is -1.14. The summed E-state index contributed by atoms with van der Waals surface area (Å²) in [6.45, 7) is 2.93. The van der Waals surface area contributed by atoms with Gasteiger partial charge in [-0.05, 0) is 13.8 Å². The van der Waals surface area contributed by atoms with Crippen LogP contribution in [0.2, 0.25) is 0 Å². The Morgan fingerprint density at radius 3 is 2.21 bits per heavy atom. The number of carboxylic acid groups (broad SMARTS) is 1. The van der Waals surface area contributed by atoms with Gasteiger partial charge in [0.25, 0.3) is 0 Å². The third kappa shape index (κ3) is 4.78. The lowest BCUT2D eigenvalue weighted by Crippen LogP contribution is -2.48. The van der Waals surface area contributed by atoms with E-state index in [4.69, 9.17) is 15.9 Å². The highest BCUT2D eigenvalue weighted by molar-refractivity contribution is 5.84. The number of hydrogen-bond donors (Lipinski definition) is 4. The molecule has 0 bridgehead atoms. The molecule has 3 atom stereocenters. The Labute approximate surface area is 82.1 Å². The van der Waals surface area contributed by atoms with Crippen molar-refractivity contribution in [3.63, 3.8) is 0 Å². The molecule has 0 aliphatic carbocycles. The molecule has 0 aromatic rings. The number of amides is 1. The van der Waals surface area contributed by atoms with E-state index < -0.39 is 24.0 Å². The lowest BCUT2D eigenvalue weighted by molar-refractivity contribution is -0.144. The largest absolute Gasteiger partial charge is 0.480 e. The number of carboxylic acids is 1. The van der Waals surface area contributed by atoms with Crippen LogP contribution in [0.1, 0.15) is 20.3 Å². The van der Waals surface area contributed by atoms with E-state index in [1.165, 1.54) is 6.92 Å². The Morgan fingerprint density at radius 2 is 1.93 bits per heavy atom. The molecule has 0 rings (SSSR count). The summed E-state index contributed by atoms with van der Waals surface area (Å²) >= 11 is 0. The minimum absolute atomic E-state index is 0.0382. The second kappa shape index (κ2) is 5.56. The van der Waals surface area contributed by atoms with E-state index >= 15 is 0 Å². The quantitative estimate of drug-likeness (QED) is 0.443. The van der Waals surface area contributed by atoms with E-state index in [0.29, 0.717) is 0 Å². The molecule has 82 valence electrons. The maximum Gasteiger partial charge on any atom is 0.328 e. The van der Waals surface area contributed by atoms with Crippen LogP contribution in [0.4, 0.5) is 0 Å². The van der Waals surface area contributed by atoms with Gasteiger partial charge in [-0.25, -0.2) is 4.79 Å². The van der Waals surface area contributed by atoms with Gasteiger partial charge in [0.05, 0.1) is 6.10 Å². The summed E-state index contributed by atoms with van der Waals surface area (Å²) in [6, 6.07) is -1.61. The summed E-state index contributed by atoms with van der Waals surface area (Å²) in [4.78, 5) is 21.7. The van der Waals surface area contributed by atoms with E-state index in [1.807, 2.05) is 0 Å². The van der Waals surface area contributed by atoms with Crippen LogP contribution in [0, 0.1) is 0 Å². The lowest BCUT2D eigenvalue weighted by atomic mass is 10.1. The maximum atomic E-state index is 11.1. The summed E-state index contributed by atoms with van der Waals surface area (Å²) < 4.78 is 0. The van der Waals surface area contributed by atoms with Crippen molar-refractivity contribution in [2.24, 2.45) is 5.73 Å². The highest BCUT2D eigenvalue weighted by Crippen LogP contribution is 1.95. The number of aliphatic hydroxyl groups excluding tert-OH is 1. The molecule has 0 saturated carbocycles. The van der Waals surface area contributed by atoms with Crippen LogP contribution in [0.15, 0.2) is 0 Å². The van der Waals surface area contributed by atoms with Crippen LogP contribution < -0.4 is 11.1 Å². The SMILES string of the molecule is CC(N)CC(=O)N[C@H](C(=O)O)[C@@H](C)O. The van der Waals surface area contributed by atoms with Crippen LogP contribution in [0.25, 0.3) is 0 Å². The predicted molar refractivity (Wildman–Crippen MR) is 49.5 cm³/mol. The van der Waals surface area contributed by atoms with Crippen molar-refractivity contribution in [3.8, 4) is 0 Å². The molecule has 0 saturated heterocycles. The molecule has 0 aromatic heterocycles. The van der Waals surface area contributed by atoms with E-state index in [1.54, 1.807) is 6.92 Å². The van der Waals surface area contributed by atoms with E-state index in [-0.39, 0.29) is 12.5 Å². The Kier molecular flexibility index (Phi) is 5.11. The molecule has 6 nitrogen and oxygen atoms in total. The molecule has 0 aliphatic rings. The minimum Gasteiger partial charge on any atom is -0.480 e. The van der Waals surface area contributed by atoms with Gasteiger partial charge in [0.15, 0.2) is 6.04 Å². The van der Waals surface area contributed by atoms with Crippen LogP contribution in [-0.2, 0) is 9.59 Å². The zero-order valence-electron chi connectivity index (χ0n) is 8.23. The normalized spacial score (nSPS) is 16.9. The van der Waals surface area contributed by atoms with Gasteiger partial charge in [0, 0.05) is 12.5 Å². The van der Waals surface area contributed by atoms with Crippen molar-refractivity contribution in [1.82, 2.24) is 5.32 Å². The molecule has 14 heavy (non-hydrogen) atoms. The van der Waals surface area contributed by atoms with Crippen molar-refractivity contribution in [1.29, 1.82) is 0 Å². The Morgan fingerprint density at radius 1 is 1.43 bits per heavy atom. The zero-order chi connectivity index (χ0) is 11.3. The average Bonchev–Trinajstić information content (AvgIpc) is 1.97. The summed E-state index contributed by atoms with van der Waals surface area (Å²) in [6.07, 6.45) is -1.10. The van der Waals surface area contributed by atoms with Gasteiger partial charge in [-0.2, -0.15) is 0 Å². The van der Waals surface area contributed by atoms with Gasteiger partial charge in [-0.1, -0.05) is 0 Å². The van der Waals surface area contributed by atoms with Crippen LogP contribution in [0.5, 0.6) is 0 Å². The first-order valence-corrected chi connectivity index (χ1v) is 4.30. The van der Waals surface area contributed by atoms with Gasteiger partial charge in [-0.3, -0.25) is 4.79 Å². The number of rotatable bonds is 5. The summed E-state index contributed by atoms with van der Waals surface area (Å²) in [5.41, 5.74) is 5.35. The number of aliphatic hydroxyl groups is 1. The molecule has 5 N–H and O–H groups in total. The number of carbonyl (C=O) groups excluding carboxylic acids is 1. The molecule has 0 aromatic carbocycles. The average molecular weight is 204 g/mol. The molecule has 1 unspecified atom stereocenters. The second-order valence-electron chi connectivity index (χ2n) is 3.31. The van der Waals surface area contributed by atoms with Crippen molar-refractivity contribution < 1.29 is 19.8 Å². The topological polar surface area (TPSA) is 113 Å². The fourth-order valence-corrected chi connectivity index (χ4v) is 0.913. The third-order valence-electron chi connectivity index (χ3n) is 1.57. The van der Waals surface area contributed by atoms with Crippen molar-refractivity contribution in [2.75, 3.05) is 0 Å². The first kappa shape index (κ1) is 12.9. The number of nitrogens with one attached hydrogen (secondary N) is 1. The molecule has 0 heterocycles. The molecular weight excluding hydrogens is 188 g/mol. The van der Waals surface area contributed by atoms with Crippen LogP contribution in [0.3, 0.4) is 0 Å². The summed E-state index contributed by atoms with van der Waals surface area (Å²) in [5.74, 6) is -1.74. The summed E-state index contributed by atoms with van der Waals surface area (Å²) in [5, 5.41) is 19.8. The fraction of sp³-hybridized carbons (Fsp3) is 0.750. The second-order valence-corrected chi connectivity index (χ2v) is 3.31. The maximum absolute atomic E-state index is 11.1. The lowest BCUT2D eigenvalue weighted by Gasteiger charge is -2.17. The molecular formula is C8H16N2O4.